The Morgan fingerprint density at radius 2 is 1.94 bits per heavy atom. The predicted molar refractivity (Wildman–Crippen MR) is 70.9 cm³/mol. The number of likely N-dealkylation sites (tertiary alicyclic amines) is 1. The lowest BCUT2D eigenvalue weighted by Gasteiger charge is -2.31. The van der Waals surface area contributed by atoms with Gasteiger partial charge in [0, 0.05) is 12.1 Å². The van der Waals surface area contributed by atoms with Gasteiger partial charge in [0.25, 0.3) is 0 Å². The Bertz CT molecular complexity index is 360. The van der Waals surface area contributed by atoms with Crippen LogP contribution in [0.1, 0.15) is 38.7 Å². The van der Waals surface area contributed by atoms with Gasteiger partial charge < -0.3 is 10.0 Å². The highest BCUT2D eigenvalue weighted by Gasteiger charge is 2.34. The lowest BCUT2D eigenvalue weighted by Crippen LogP contribution is -2.36. The smallest absolute Gasteiger partial charge is 0.0883 e. The second kappa shape index (κ2) is 4.79. The average molecular weight is 233 g/mol. The van der Waals surface area contributed by atoms with Gasteiger partial charge in [0.2, 0.25) is 0 Å². The van der Waals surface area contributed by atoms with Gasteiger partial charge in [-0.25, -0.2) is 0 Å². The monoisotopic (exact) mass is 233 g/mol. The highest BCUT2D eigenvalue weighted by Crippen LogP contribution is 2.33. The van der Waals surface area contributed by atoms with Crippen LogP contribution < -0.4 is 0 Å². The van der Waals surface area contributed by atoms with Gasteiger partial charge in [-0.3, -0.25) is 0 Å². The van der Waals surface area contributed by atoms with E-state index in [0.29, 0.717) is 12.1 Å². The van der Waals surface area contributed by atoms with Crippen molar-refractivity contribution >= 4 is 0 Å². The molecule has 0 spiro atoms. The zero-order valence-corrected chi connectivity index (χ0v) is 11.1. The van der Waals surface area contributed by atoms with E-state index in [2.05, 4.69) is 18.9 Å². The molecule has 2 nitrogen and oxygen atoms in total. The molecule has 2 heteroatoms. The Kier molecular flexibility index (Phi) is 3.55. The fourth-order valence-electron chi connectivity index (χ4n) is 2.82. The summed E-state index contributed by atoms with van der Waals surface area (Å²) in [5.74, 6) is 0. The average Bonchev–Trinajstić information content (AvgIpc) is 2.62. The first-order valence-corrected chi connectivity index (χ1v) is 6.50. The summed E-state index contributed by atoms with van der Waals surface area (Å²) in [5.41, 5.74) is 0.303. The molecule has 2 rings (SSSR count). The van der Waals surface area contributed by atoms with Crippen LogP contribution in [0.2, 0.25) is 0 Å². The molecule has 0 radical (unpaired) electrons. The van der Waals surface area contributed by atoms with Crippen LogP contribution in [0.25, 0.3) is 0 Å². The standard InChI is InChI=1S/C15H23NO/c1-12-9-10-14(16(12)3)11-15(2,17)13-7-5-4-6-8-13/h4-8,12,14,17H,9-11H2,1-3H3. The molecule has 1 aliphatic heterocycles. The van der Waals surface area contributed by atoms with E-state index < -0.39 is 5.60 Å². The lowest BCUT2D eigenvalue weighted by molar-refractivity contribution is 0.0224. The predicted octanol–water partition coefficient (Wildman–Crippen LogP) is 2.77. The molecular formula is C15H23NO. The van der Waals surface area contributed by atoms with Crippen LogP contribution in [0, 0.1) is 0 Å². The summed E-state index contributed by atoms with van der Waals surface area (Å²) < 4.78 is 0. The molecule has 3 unspecified atom stereocenters. The Morgan fingerprint density at radius 3 is 2.47 bits per heavy atom. The molecule has 17 heavy (non-hydrogen) atoms. The second-order valence-electron chi connectivity index (χ2n) is 5.59. The van der Waals surface area contributed by atoms with Crippen molar-refractivity contribution < 1.29 is 5.11 Å². The normalized spacial score (nSPS) is 29.2. The zero-order chi connectivity index (χ0) is 12.5. The van der Waals surface area contributed by atoms with Crippen molar-refractivity contribution in [2.75, 3.05) is 7.05 Å². The molecule has 1 aromatic rings. The Morgan fingerprint density at radius 1 is 1.29 bits per heavy atom. The Labute approximate surface area is 104 Å². The summed E-state index contributed by atoms with van der Waals surface area (Å²) in [6.07, 6.45) is 3.25. The van der Waals surface area contributed by atoms with Gasteiger partial charge in [-0.15, -0.1) is 0 Å². The molecule has 0 saturated carbocycles. The van der Waals surface area contributed by atoms with Crippen molar-refractivity contribution in [2.24, 2.45) is 0 Å². The topological polar surface area (TPSA) is 23.5 Å². The molecule has 3 atom stereocenters. The molecule has 0 bridgehead atoms. The number of nitrogens with zero attached hydrogens (tertiary/aromatic N) is 1. The third-order valence-electron chi connectivity index (χ3n) is 4.22. The third kappa shape index (κ3) is 2.70. The van der Waals surface area contributed by atoms with Crippen LogP contribution in [0.3, 0.4) is 0 Å². The fraction of sp³-hybridized carbons (Fsp3) is 0.600. The number of benzene rings is 1. The minimum Gasteiger partial charge on any atom is -0.385 e. The summed E-state index contributed by atoms with van der Waals surface area (Å²) in [6, 6.07) is 11.1. The van der Waals surface area contributed by atoms with Crippen molar-refractivity contribution in [1.82, 2.24) is 4.90 Å². The lowest BCUT2D eigenvalue weighted by atomic mass is 9.88. The van der Waals surface area contributed by atoms with Gasteiger partial charge in [-0.1, -0.05) is 30.3 Å². The molecule has 0 aliphatic carbocycles. The zero-order valence-electron chi connectivity index (χ0n) is 11.1. The first-order chi connectivity index (χ1) is 8.00. The highest BCUT2D eigenvalue weighted by atomic mass is 16.3. The second-order valence-corrected chi connectivity index (χ2v) is 5.59. The summed E-state index contributed by atoms with van der Waals surface area (Å²) in [6.45, 7) is 4.19. The van der Waals surface area contributed by atoms with Crippen LogP contribution >= 0.6 is 0 Å². The molecular weight excluding hydrogens is 210 g/mol. The maximum absolute atomic E-state index is 10.6. The molecule has 1 heterocycles. The summed E-state index contributed by atoms with van der Waals surface area (Å²) in [7, 11) is 2.17. The van der Waals surface area contributed by atoms with Crippen molar-refractivity contribution in [3.05, 3.63) is 35.9 Å². The molecule has 94 valence electrons. The van der Waals surface area contributed by atoms with Crippen molar-refractivity contribution in [3.63, 3.8) is 0 Å². The fourth-order valence-corrected chi connectivity index (χ4v) is 2.82. The molecule has 1 aliphatic rings. The summed E-state index contributed by atoms with van der Waals surface area (Å²) in [4.78, 5) is 2.40. The minimum atomic E-state index is -0.718. The van der Waals surface area contributed by atoms with E-state index in [1.54, 1.807) is 0 Å². The van der Waals surface area contributed by atoms with Crippen LogP contribution in [-0.4, -0.2) is 29.1 Å². The maximum Gasteiger partial charge on any atom is 0.0883 e. The molecule has 0 aromatic heterocycles. The number of aliphatic hydroxyl groups is 1. The third-order valence-corrected chi connectivity index (χ3v) is 4.22. The van der Waals surface area contributed by atoms with E-state index in [1.165, 1.54) is 12.8 Å². The van der Waals surface area contributed by atoms with E-state index in [-0.39, 0.29) is 0 Å². The van der Waals surface area contributed by atoms with E-state index in [9.17, 15) is 5.11 Å². The Hall–Kier alpha value is -0.860. The van der Waals surface area contributed by atoms with Gasteiger partial charge in [0.15, 0.2) is 0 Å². The number of hydrogen-bond donors (Lipinski definition) is 1. The molecule has 0 amide bonds. The highest BCUT2D eigenvalue weighted by molar-refractivity contribution is 5.21. The van der Waals surface area contributed by atoms with E-state index in [1.807, 2.05) is 37.3 Å². The summed E-state index contributed by atoms with van der Waals surface area (Å²) in [5, 5.41) is 10.6. The van der Waals surface area contributed by atoms with Gasteiger partial charge in [-0.2, -0.15) is 0 Å². The van der Waals surface area contributed by atoms with Crippen LogP contribution in [0.5, 0.6) is 0 Å². The molecule has 1 saturated heterocycles. The quantitative estimate of drug-likeness (QED) is 0.867. The molecule has 1 N–H and O–H groups in total. The van der Waals surface area contributed by atoms with E-state index in [4.69, 9.17) is 0 Å². The SMILES string of the molecule is CC1CCC(CC(C)(O)c2ccccc2)N1C. The first-order valence-electron chi connectivity index (χ1n) is 6.50. The Balaban J connectivity index is 2.08. The van der Waals surface area contributed by atoms with Gasteiger partial charge >= 0.3 is 0 Å². The van der Waals surface area contributed by atoms with E-state index >= 15 is 0 Å². The maximum atomic E-state index is 10.6. The number of rotatable bonds is 3. The van der Waals surface area contributed by atoms with Crippen LogP contribution in [-0.2, 0) is 5.60 Å². The van der Waals surface area contributed by atoms with Crippen LogP contribution in [0.15, 0.2) is 30.3 Å². The van der Waals surface area contributed by atoms with Gasteiger partial charge in [0.1, 0.15) is 0 Å². The van der Waals surface area contributed by atoms with Crippen molar-refractivity contribution in [1.29, 1.82) is 0 Å². The first kappa shape index (κ1) is 12.6. The largest absolute Gasteiger partial charge is 0.385 e. The van der Waals surface area contributed by atoms with E-state index in [0.717, 1.165) is 12.0 Å². The van der Waals surface area contributed by atoms with Crippen molar-refractivity contribution in [2.45, 2.75) is 50.8 Å². The number of hydrogen-bond acceptors (Lipinski definition) is 2. The molecule has 1 aromatic carbocycles. The van der Waals surface area contributed by atoms with Gasteiger partial charge in [0.05, 0.1) is 5.60 Å². The van der Waals surface area contributed by atoms with Crippen molar-refractivity contribution in [3.8, 4) is 0 Å². The van der Waals surface area contributed by atoms with Crippen LogP contribution in [0.4, 0.5) is 0 Å². The summed E-state index contributed by atoms with van der Waals surface area (Å²) >= 11 is 0. The minimum absolute atomic E-state index is 0.500. The molecule has 1 fully saturated rings. The van der Waals surface area contributed by atoms with Gasteiger partial charge in [-0.05, 0) is 45.7 Å².